The number of aliphatic hydroxyl groups is 9. The topological polar surface area (TPSA) is 581 Å². The van der Waals surface area contributed by atoms with Crippen molar-refractivity contribution in [2.24, 2.45) is 0 Å². The van der Waals surface area contributed by atoms with Crippen LogP contribution in [-0.4, -0.2) is 213 Å². The molecule has 37 nitrogen and oxygen atoms in total. The third-order valence-corrected chi connectivity index (χ3v) is 22.4. The molecule has 22 N–H and O–H groups in total. The van der Waals surface area contributed by atoms with Crippen molar-refractivity contribution in [2.45, 2.75) is 161 Å². The Morgan fingerprint density at radius 3 is 1.76 bits per heavy atom. The van der Waals surface area contributed by atoms with E-state index in [4.69, 9.17) is 79.6 Å². The van der Waals surface area contributed by atoms with Crippen LogP contribution in [0.25, 0.3) is 11.1 Å². The molecule has 7 amide bonds. The molecule has 8 aliphatic heterocycles. The van der Waals surface area contributed by atoms with E-state index in [1.54, 1.807) is 6.08 Å². The monoisotopic (exact) mass is 1770 g/mol. The van der Waals surface area contributed by atoms with Gasteiger partial charge in [-0.05, 0) is 127 Å². The quantitative estimate of drug-likeness (QED) is 0.0479. The van der Waals surface area contributed by atoms with Gasteiger partial charge in [0.2, 0.25) is 59.7 Å². The number of aliphatic carboxylic acids is 1. The molecule has 7 aromatic rings. The number of phenols is 4. The van der Waals surface area contributed by atoms with Gasteiger partial charge in [0, 0.05) is 40.8 Å². The van der Waals surface area contributed by atoms with Gasteiger partial charge in [0.05, 0.1) is 33.3 Å². The predicted octanol–water partition coefficient (Wildman–Crippen LogP) is 4.03. The summed E-state index contributed by atoms with van der Waals surface area (Å²) in [6, 6.07) is -0.672. The summed E-state index contributed by atoms with van der Waals surface area (Å²) in [7, 11) is 1.35. The second kappa shape index (κ2) is 37.3. The first kappa shape index (κ1) is 88.7. The number of aliphatic hydroxyl groups excluding tert-OH is 9. The van der Waals surface area contributed by atoms with Crippen LogP contribution in [0, 0.1) is 0 Å². The van der Waals surface area contributed by atoms with Gasteiger partial charge >= 0.3 is 5.97 Å². The number of unbranched alkanes of at least 4 members (excludes halogenated alkanes) is 3. The largest absolute Gasteiger partial charge is 0.508 e. The van der Waals surface area contributed by atoms with E-state index in [-0.39, 0.29) is 29.7 Å². The molecular formula is C81H82Cl4N8O29. The van der Waals surface area contributed by atoms with Crippen LogP contribution in [0.4, 0.5) is 0 Å². The number of carbonyl (C=O) groups is 8. The standard InChI is InChI=1S/C81H82Cl4N8O29/c1-3-4-5-6-7-8-9-10-53(100)87-63-68(105)66(103)51(28-94)120-80(63)122-72-49-22-33-23-50(72)118-71-41(83)19-34(20-42(71)84)65(102)62-78(113)91-60(79(114)115)38-24-35(96)25-48(119-81-70(107)69(106)67(104)52(29-95)121-81)54(38)37-17-30(11-14-43(37)97)57(74(109)93-62)88-75(110)58(33)89-76(111)59-39-26-36(27-45(99)55(39)85)116-47-21-31(12-15-44(47)98)56(86-2)73(108)92-61(77(112)90-59)64(101)32-13-16-46(117-49)40(82)18-32/h7-8,11-27,51-52,56-70,80-81,86,94-99,101-107H,3-6,9-10,28-29H2,1-2H3,(H,87,100)(H,88,110)(H,89,111)(H,90,112)(H,91,113)(H,92,108)(H,93,109)(H,114,115)/b8-7+. The number of benzene rings is 7. The van der Waals surface area contributed by atoms with Crippen LogP contribution in [0.15, 0.2) is 115 Å². The zero-order chi connectivity index (χ0) is 87.7. The average molecular weight is 1770 g/mol. The van der Waals surface area contributed by atoms with E-state index in [9.17, 15) is 85.9 Å². The number of hydrogen-bond acceptors (Lipinski definition) is 29. The smallest absolute Gasteiger partial charge is 0.330 e. The van der Waals surface area contributed by atoms with Crippen molar-refractivity contribution in [2.75, 3.05) is 20.3 Å². The highest BCUT2D eigenvalue weighted by molar-refractivity contribution is 6.37. The Morgan fingerprint density at radius 2 is 1.09 bits per heavy atom. The fourth-order valence-electron chi connectivity index (χ4n) is 14.8. The molecule has 7 aromatic carbocycles. The minimum atomic E-state index is -2.55. The van der Waals surface area contributed by atoms with Crippen LogP contribution in [-0.2, 0) is 47.8 Å². The van der Waals surface area contributed by atoms with Crippen LogP contribution in [0.5, 0.6) is 69.0 Å². The Bertz CT molecular complexity index is 5260. The van der Waals surface area contributed by atoms with Gasteiger partial charge in [-0.2, -0.15) is 0 Å². The Hall–Kier alpha value is -11.1. The van der Waals surface area contributed by atoms with E-state index in [0.29, 0.717) is 6.42 Å². The van der Waals surface area contributed by atoms with E-state index in [1.807, 2.05) is 13.0 Å². The fraction of sp³-hybridized carbons (Fsp3) is 0.358. The molecule has 15 rings (SSSR count). The zero-order valence-corrected chi connectivity index (χ0v) is 67.0. The number of aromatic hydroxyl groups is 4. The maximum atomic E-state index is 16.7. The van der Waals surface area contributed by atoms with Crippen molar-refractivity contribution in [3.63, 3.8) is 0 Å². The van der Waals surface area contributed by atoms with Crippen molar-refractivity contribution in [3.8, 4) is 80.1 Å². The summed E-state index contributed by atoms with van der Waals surface area (Å²) < 4.78 is 44.1. The van der Waals surface area contributed by atoms with Gasteiger partial charge in [-0.1, -0.05) is 96.5 Å². The highest BCUT2D eigenvalue weighted by Crippen LogP contribution is 2.52. The molecule has 0 saturated carbocycles. The Morgan fingerprint density at radius 1 is 0.508 bits per heavy atom. The lowest BCUT2D eigenvalue weighted by molar-refractivity contribution is -0.277. The molecule has 19 unspecified atom stereocenters. The zero-order valence-electron chi connectivity index (χ0n) is 64.0. The number of carboxylic acid groups (broad SMARTS) is 1. The molecule has 0 aliphatic carbocycles. The molecule has 648 valence electrons. The molecule has 2 saturated heterocycles. The van der Waals surface area contributed by atoms with E-state index >= 15 is 24.0 Å². The first-order valence-corrected chi connectivity index (χ1v) is 39.5. The number of allylic oxidation sites excluding steroid dienone is 2. The fourth-order valence-corrected chi connectivity index (χ4v) is 15.8. The van der Waals surface area contributed by atoms with Crippen LogP contribution < -0.4 is 66.2 Å². The number of nitrogens with one attached hydrogen (secondary N) is 8. The molecule has 0 aromatic heterocycles. The van der Waals surface area contributed by atoms with Gasteiger partial charge in [0.25, 0.3) is 0 Å². The van der Waals surface area contributed by atoms with Gasteiger partial charge in [-0.3, -0.25) is 33.6 Å². The molecule has 17 bridgehead atoms. The maximum absolute atomic E-state index is 16.7. The van der Waals surface area contributed by atoms with E-state index in [2.05, 4.69) is 42.5 Å². The molecule has 19 atom stereocenters. The highest BCUT2D eigenvalue weighted by Gasteiger charge is 2.50. The molecule has 2 fully saturated rings. The number of phenolic OH excluding ortho intramolecular Hbond substituents is 4. The number of rotatable bonds is 16. The lowest BCUT2D eigenvalue weighted by Crippen LogP contribution is -2.65. The molecular weight excluding hydrogens is 1690 g/mol. The number of ether oxygens (including phenoxy) is 7. The van der Waals surface area contributed by atoms with Crippen molar-refractivity contribution in [1.29, 1.82) is 0 Å². The van der Waals surface area contributed by atoms with Crippen LogP contribution in [0.2, 0.25) is 20.1 Å². The van der Waals surface area contributed by atoms with Gasteiger partial charge in [0.1, 0.15) is 132 Å². The number of carboxylic acids is 1. The molecule has 122 heavy (non-hydrogen) atoms. The maximum Gasteiger partial charge on any atom is 0.330 e. The normalized spacial score (nSPS) is 27.2. The van der Waals surface area contributed by atoms with E-state index in [0.717, 1.165) is 104 Å². The number of carbonyl (C=O) groups excluding carboxylic acids is 7. The van der Waals surface area contributed by atoms with Crippen LogP contribution in [0.3, 0.4) is 0 Å². The van der Waals surface area contributed by atoms with Gasteiger partial charge in [-0.15, -0.1) is 0 Å². The Kier molecular flexibility index (Phi) is 27.1. The van der Waals surface area contributed by atoms with Gasteiger partial charge in [0.15, 0.2) is 34.8 Å². The molecule has 0 spiro atoms. The minimum Gasteiger partial charge on any atom is -0.508 e. The summed E-state index contributed by atoms with van der Waals surface area (Å²) in [5, 5.41) is 178. The van der Waals surface area contributed by atoms with Crippen LogP contribution in [0.1, 0.15) is 127 Å². The number of fused-ring (bicyclic) bond motifs is 14. The summed E-state index contributed by atoms with van der Waals surface area (Å²) in [4.78, 5) is 123. The van der Waals surface area contributed by atoms with Gasteiger partial charge < -0.3 is 147 Å². The number of halogens is 4. The summed E-state index contributed by atoms with van der Waals surface area (Å²) in [6.07, 6.45) is -15.5. The molecule has 41 heteroatoms. The second-order valence-corrected chi connectivity index (χ2v) is 30.9. The van der Waals surface area contributed by atoms with Crippen molar-refractivity contribution >= 4 is 93.7 Å². The summed E-state index contributed by atoms with van der Waals surface area (Å²) in [5.41, 5.74) is -4.34. The average Bonchev–Trinajstić information content (AvgIpc) is 0.758. The number of hydrogen-bond donors (Lipinski definition) is 22. The molecule has 0 radical (unpaired) electrons. The molecule has 8 aliphatic rings. The van der Waals surface area contributed by atoms with Crippen molar-refractivity contribution < 1.29 is 143 Å². The third-order valence-electron chi connectivity index (χ3n) is 21.2. The number of likely N-dealkylation sites (N-methyl/N-ethyl adjacent to an activating group) is 1. The second-order valence-electron chi connectivity index (χ2n) is 29.3. The lowest BCUT2D eigenvalue weighted by atomic mass is 9.89. The Balaban J connectivity index is 1.07. The van der Waals surface area contributed by atoms with Gasteiger partial charge in [-0.25, -0.2) is 4.79 Å². The van der Waals surface area contributed by atoms with Crippen LogP contribution >= 0.6 is 46.4 Å². The van der Waals surface area contributed by atoms with Crippen molar-refractivity contribution in [1.82, 2.24) is 42.5 Å². The number of amides is 7. The van der Waals surface area contributed by atoms with E-state index in [1.165, 1.54) is 25.2 Å². The summed E-state index contributed by atoms with van der Waals surface area (Å²) in [6.45, 7) is 0.0121. The third kappa shape index (κ3) is 18.4. The first-order chi connectivity index (χ1) is 58.2. The SMILES string of the molecule is CCCCC/C=C/CCC(=O)NC1C(Oc2c3cc4cc2Oc2c(Cl)cc(cc2Cl)C(O)C2NC(=O)C(NC(=O)C4NC(=O)C4NC(=O)C(NC(=O)C(NC)c5ccc(O)c(c5)Oc5cc(O)c(Cl)c4c5)C(O)c4ccc(c(Cl)c4)O3)c3ccc(O)c(c3)-c3c(OC4OC(CO)C(O)C(O)C4O)cc(O)cc3C(C(=O)O)NC2=O)OC(CO)C(O)C1O. The van der Waals surface area contributed by atoms with Crippen molar-refractivity contribution in [3.05, 3.63) is 174 Å². The first-order valence-electron chi connectivity index (χ1n) is 38.0. The predicted molar refractivity (Wildman–Crippen MR) is 425 cm³/mol. The lowest BCUT2D eigenvalue weighted by Gasteiger charge is -2.42. The van der Waals surface area contributed by atoms with E-state index < -0.39 is 299 Å². The Labute approximate surface area is 711 Å². The minimum absolute atomic E-state index is 0.0839. The molecule has 8 heterocycles. The summed E-state index contributed by atoms with van der Waals surface area (Å²) in [5.74, 6) is -19.5. The highest BCUT2D eigenvalue weighted by atomic mass is 35.5. The summed E-state index contributed by atoms with van der Waals surface area (Å²) >= 11 is 28.5.